The number of Topliss-reactive ketones (excluding diaryl/α,β-unsaturated/α-hetero) is 1. The maximum absolute atomic E-state index is 11.8. The summed E-state index contributed by atoms with van der Waals surface area (Å²) in [7, 11) is 4.30. The lowest BCUT2D eigenvalue weighted by Crippen LogP contribution is -2.39. The fraction of sp³-hybridized carbons (Fsp3) is 0.880. The maximum atomic E-state index is 11.8. The number of carboxylic acids is 1. The molecule has 2 rings (SSSR count). The normalized spacial score (nSPS) is 13.8. The van der Waals surface area contributed by atoms with Gasteiger partial charge in [-0.15, -0.1) is 0 Å². The van der Waals surface area contributed by atoms with Crippen LogP contribution in [0.4, 0.5) is 0 Å². The van der Waals surface area contributed by atoms with Gasteiger partial charge in [0, 0.05) is 11.8 Å². The van der Waals surface area contributed by atoms with Crippen molar-refractivity contribution in [3.8, 4) is 0 Å². The van der Waals surface area contributed by atoms with Crippen LogP contribution in [0.5, 0.6) is 0 Å². The number of ether oxygens (including phenoxy) is 8. The quantitative estimate of drug-likeness (QED) is 0.118. The Kier molecular flexibility index (Phi) is 53.3. The van der Waals surface area contributed by atoms with Gasteiger partial charge in [0.1, 0.15) is 5.78 Å². The van der Waals surface area contributed by atoms with Gasteiger partial charge in [0.25, 0.3) is 0 Å². The molecule has 102 heavy (non-hydrogen) atoms. The summed E-state index contributed by atoms with van der Waals surface area (Å²) in [6.07, 6.45) is 6.85. The highest BCUT2D eigenvalue weighted by Crippen LogP contribution is 2.60. The molecule has 0 atom stereocenters. The van der Waals surface area contributed by atoms with Crippen LogP contribution in [0.1, 0.15) is 349 Å². The minimum Gasteiger partial charge on any atom is -0.481 e. The fourth-order valence-electron chi connectivity index (χ4n) is 7.02. The molecule has 0 bridgehead atoms. The van der Waals surface area contributed by atoms with Gasteiger partial charge in [-0.05, 0) is 180 Å². The third-order valence-corrected chi connectivity index (χ3v) is 16.6. The van der Waals surface area contributed by atoms with E-state index in [0.717, 1.165) is 32.1 Å². The summed E-state index contributed by atoms with van der Waals surface area (Å²) in [4.78, 5) is 110. The third-order valence-electron chi connectivity index (χ3n) is 16.6. The largest absolute Gasteiger partial charge is 0.481 e. The van der Waals surface area contributed by atoms with Crippen molar-refractivity contribution in [3.63, 3.8) is 0 Å². The van der Waals surface area contributed by atoms with E-state index in [-0.39, 0.29) is 126 Å². The average Bonchev–Trinajstić information content (AvgIpc) is 1.60. The Hall–Kier alpha value is -5.10. The standard InChI is InChI=1S/C11H20O2.C11H22O2.C9H16O2.3C9H18O2.C8H16O2.C6H12O2.C6H12O.C5H10O2/c1-8(2)13-9(12)11(6-7-11)10(3,4)5;1-8(2)13-9(12)11(6,7)10(3,4)5;1-8(2,3)9(5-6-9)7(10)11-4;1-8(2,3)9(4,5)7(10)11-6;1-7(2)11-8(10)6-9(3,4)5;1-5-6-11-8(10)7-9(2,3)4;1-5-10-7(9)6-8(2,3)4;1-5(2)4-6(7)8-3;1-5(7)6(2,3)4;1-5(2,3)4(6)7/h8H,6-7H2,1-5H3;8H,1-7H3;5-6H2,1-4H3;1-6H3;7H,6H2,1-5H3;5-7H2,1-4H3;5-6H2,1-4H3;5H,4H2,1-3H3;1-4H3;1-3H3,(H,6,7). The number of esters is 8. The lowest BCUT2D eigenvalue weighted by atomic mass is 9.69. The summed E-state index contributed by atoms with van der Waals surface area (Å²) in [6.45, 7) is 83.1. The van der Waals surface area contributed by atoms with Gasteiger partial charge in [0.15, 0.2) is 0 Å². The van der Waals surface area contributed by atoms with Gasteiger partial charge < -0.3 is 43.0 Å². The Morgan fingerprint density at radius 2 is 0.676 bits per heavy atom. The van der Waals surface area contributed by atoms with Gasteiger partial charge in [0.05, 0.1) is 99.2 Å². The van der Waals surface area contributed by atoms with E-state index in [9.17, 15) is 47.9 Å². The van der Waals surface area contributed by atoms with Crippen LogP contribution in [0, 0.1) is 76.3 Å². The van der Waals surface area contributed by atoms with Crippen LogP contribution in [0.25, 0.3) is 0 Å². The number of hydrogen-bond donors (Lipinski definition) is 1. The molecule has 608 valence electrons. The molecule has 1 N–H and O–H groups in total. The van der Waals surface area contributed by atoms with Crippen molar-refractivity contribution in [2.75, 3.05) is 34.5 Å². The van der Waals surface area contributed by atoms with Gasteiger partial charge in [-0.3, -0.25) is 47.9 Å². The van der Waals surface area contributed by atoms with Crippen molar-refractivity contribution in [3.05, 3.63) is 0 Å². The van der Waals surface area contributed by atoms with Crippen LogP contribution in [-0.2, 0) is 85.8 Å². The molecule has 0 spiro atoms. The molecule has 0 aromatic carbocycles. The zero-order chi connectivity index (χ0) is 84.0. The number of aliphatic carboxylic acids is 1. The first-order valence-corrected chi connectivity index (χ1v) is 36.7. The van der Waals surface area contributed by atoms with E-state index in [2.05, 4.69) is 67.1 Å². The minimum atomic E-state index is -0.757. The number of methoxy groups -OCH3 is 3. The van der Waals surface area contributed by atoms with Crippen LogP contribution >= 0.6 is 0 Å². The molecule has 2 aliphatic rings. The maximum Gasteiger partial charge on any atom is 0.312 e. The van der Waals surface area contributed by atoms with Crippen molar-refractivity contribution >= 4 is 59.5 Å². The molecule has 0 radical (unpaired) electrons. The van der Waals surface area contributed by atoms with E-state index in [1.165, 1.54) is 21.3 Å². The van der Waals surface area contributed by atoms with E-state index in [1.54, 1.807) is 27.7 Å². The highest BCUT2D eigenvalue weighted by atomic mass is 16.6. The number of carboxylic acid groups (broad SMARTS) is 1. The molecule has 0 aromatic heterocycles. The Morgan fingerprint density at radius 3 is 0.853 bits per heavy atom. The Balaban J connectivity index is -0.000000161. The summed E-state index contributed by atoms with van der Waals surface area (Å²) < 4.78 is 39.1. The minimum absolute atomic E-state index is 0.00449. The second kappa shape index (κ2) is 48.2. The van der Waals surface area contributed by atoms with E-state index in [4.69, 9.17) is 38.3 Å². The van der Waals surface area contributed by atoms with Gasteiger partial charge in [-0.25, -0.2) is 0 Å². The predicted molar refractivity (Wildman–Crippen MR) is 415 cm³/mol. The molecule has 0 heterocycles. The number of ketones is 1. The molecule has 0 aromatic rings. The fourth-order valence-corrected chi connectivity index (χ4v) is 7.02. The third kappa shape index (κ3) is 57.2. The zero-order valence-corrected chi connectivity index (χ0v) is 74.4. The number of rotatable bonds is 15. The SMILES string of the molecule is CC(=O)C(C)(C)C.CC(C)(C)C(=O)O.CC(C)OC(=O)C(C)(C)C(C)(C)C.CC(C)OC(=O)C1(C(C)(C)C)CC1.CC(C)OC(=O)CC(C)(C)C.CCCOC(=O)CC(C)(C)C.CCOC(=O)CC(C)(C)C.COC(=O)C(C)(C)C(C)(C)C.COC(=O)C1(C(C)(C)C)CC1.COC(=O)CC(C)C. The van der Waals surface area contributed by atoms with Gasteiger partial charge in [0.2, 0.25) is 0 Å². The first-order chi connectivity index (χ1) is 44.8. The molecule has 0 saturated heterocycles. The first kappa shape index (κ1) is 113. The molecule has 0 amide bonds. The summed E-state index contributed by atoms with van der Waals surface area (Å²) in [5.74, 6) is -0.829. The van der Waals surface area contributed by atoms with Crippen molar-refractivity contribution in [1.29, 1.82) is 0 Å². The first-order valence-electron chi connectivity index (χ1n) is 36.7. The predicted octanol–water partition coefficient (Wildman–Crippen LogP) is 20.7. The topological polar surface area (TPSA) is 265 Å². The summed E-state index contributed by atoms with van der Waals surface area (Å²) in [5.41, 5.74) is -1.82. The lowest BCUT2D eigenvalue weighted by Gasteiger charge is -2.36. The summed E-state index contributed by atoms with van der Waals surface area (Å²) in [5, 5.41) is 8.25. The summed E-state index contributed by atoms with van der Waals surface area (Å²) >= 11 is 0. The highest BCUT2D eigenvalue weighted by Gasteiger charge is 2.60. The van der Waals surface area contributed by atoms with E-state index >= 15 is 0 Å². The van der Waals surface area contributed by atoms with Crippen LogP contribution in [-0.4, -0.2) is 117 Å². The Labute approximate surface area is 625 Å². The zero-order valence-electron chi connectivity index (χ0n) is 74.4. The number of carbonyl (C=O) groups is 10. The van der Waals surface area contributed by atoms with Crippen LogP contribution < -0.4 is 0 Å². The lowest BCUT2D eigenvalue weighted by molar-refractivity contribution is -0.164. The molecule has 2 aliphatic carbocycles. The average molecular weight is 1460 g/mol. The van der Waals surface area contributed by atoms with Crippen molar-refractivity contribution in [2.45, 2.75) is 367 Å². The Morgan fingerprint density at radius 1 is 0.382 bits per heavy atom. The Bertz CT molecular complexity index is 2330. The summed E-state index contributed by atoms with van der Waals surface area (Å²) in [6, 6.07) is 0. The number of hydrogen-bond acceptors (Lipinski definition) is 18. The van der Waals surface area contributed by atoms with Gasteiger partial charge in [-0.2, -0.15) is 0 Å². The van der Waals surface area contributed by atoms with Gasteiger partial charge in [-0.1, -0.05) is 187 Å². The van der Waals surface area contributed by atoms with Crippen LogP contribution in [0.15, 0.2) is 0 Å². The van der Waals surface area contributed by atoms with E-state index in [1.807, 2.05) is 201 Å². The molecule has 19 heteroatoms. The van der Waals surface area contributed by atoms with Crippen molar-refractivity contribution in [1.82, 2.24) is 0 Å². The van der Waals surface area contributed by atoms with Crippen molar-refractivity contribution in [2.24, 2.45) is 76.3 Å². The molecular formula is C83H162O19. The van der Waals surface area contributed by atoms with Crippen LogP contribution in [0.2, 0.25) is 0 Å². The molecule has 0 unspecified atom stereocenters. The second-order valence-electron chi connectivity index (χ2n) is 38.6. The monoisotopic (exact) mass is 1460 g/mol. The molecule has 19 nitrogen and oxygen atoms in total. The van der Waals surface area contributed by atoms with Crippen molar-refractivity contribution < 1.29 is 90.9 Å². The van der Waals surface area contributed by atoms with Gasteiger partial charge >= 0.3 is 53.7 Å². The molecule has 2 fully saturated rings. The number of carbonyl (C=O) groups excluding carboxylic acids is 9. The second-order valence-corrected chi connectivity index (χ2v) is 38.6. The smallest absolute Gasteiger partial charge is 0.312 e. The van der Waals surface area contributed by atoms with Crippen LogP contribution in [0.3, 0.4) is 0 Å². The van der Waals surface area contributed by atoms with E-state index in [0.29, 0.717) is 44.8 Å². The molecule has 2 saturated carbocycles. The highest BCUT2D eigenvalue weighted by molar-refractivity contribution is 5.82. The molecular weight excluding hydrogens is 1300 g/mol. The molecule has 0 aliphatic heterocycles. The van der Waals surface area contributed by atoms with E-state index < -0.39 is 22.2 Å².